The lowest BCUT2D eigenvalue weighted by atomic mass is 9.78. The van der Waals surface area contributed by atoms with E-state index in [9.17, 15) is 18.8 Å². The fraction of sp³-hybridized carbons (Fsp3) is 0.348. The van der Waals surface area contributed by atoms with Crippen LogP contribution in [0.15, 0.2) is 53.5 Å². The van der Waals surface area contributed by atoms with Gasteiger partial charge in [0.15, 0.2) is 0 Å². The number of benzene rings is 2. The van der Waals surface area contributed by atoms with Crippen molar-refractivity contribution in [1.82, 2.24) is 4.72 Å². The van der Waals surface area contributed by atoms with Gasteiger partial charge < -0.3 is 9.66 Å². The Bertz CT molecular complexity index is 1030. The lowest BCUT2D eigenvalue weighted by molar-refractivity contribution is 0.187. The van der Waals surface area contributed by atoms with Gasteiger partial charge in [0.1, 0.15) is 16.1 Å². The first-order chi connectivity index (χ1) is 14.9. The van der Waals surface area contributed by atoms with Gasteiger partial charge in [0.05, 0.1) is 16.8 Å². The van der Waals surface area contributed by atoms with E-state index in [0.717, 1.165) is 6.07 Å². The van der Waals surface area contributed by atoms with Gasteiger partial charge in [-0.2, -0.15) is 0 Å². The second-order valence-electron chi connectivity index (χ2n) is 8.64. The lowest BCUT2D eigenvalue weighted by Crippen LogP contribution is -2.62. The maximum atomic E-state index is 14.6. The highest BCUT2D eigenvalue weighted by atomic mass is 79.9. The molecule has 5 nitrogen and oxygen atoms in total. The van der Waals surface area contributed by atoms with Gasteiger partial charge in [-0.05, 0) is 60.3 Å². The molecule has 0 radical (unpaired) electrons. The summed E-state index contributed by atoms with van der Waals surface area (Å²) in [6.07, 6.45) is 0.932. The topological polar surface area (TPSA) is 75.6 Å². The van der Waals surface area contributed by atoms with Crippen molar-refractivity contribution in [2.75, 3.05) is 4.90 Å². The van der Waals surface area contributed by atoms with E-state index in [0.29, 0.717) is 22.0 Å². The number of anilines is 1. The summed E-state index contributed by atoms with van der Waals surface area (Å²) in [4.78, 5) is 13.8. The number of nitrogens with one attached hydrogen (secondary N) is 1. The SMILES string of the molecule is C=CCC(N[S@+]([O-])C(C)(C)C)[C@@]1(c2ccccc2)Cc2c(cc(F)c(Cl)c2Br)N1C(=O)O. The Morgan fingerprint density at radius 2 is 2.09 bits per heavy atom. The molecule has 1 aliphatic heterocycles. The van der Waals surface area contributed by atoms with Crippen LogP contribution in [-0.4, -0.2) is 26.5 Å². The maximum Gasteiger partial charge on any atom is 0.412 e. The Morgan fingerprint density at radius 3 is 2.62 bits per heavy atom. The molecule has 1 unspecified atom stereocenters. The minimum Gasteiger partial charge on any atom is -0.598 e. The normalized spacial score (nSPS) is 20.0. The molecule has 0 saturated heterocycles. The van der Waals surface area contributed by atoms with Crippen LogP contribution in [0.3, 0.4) is 0 Å². The quantitative estimate of drug-likeness (QED) is 0.259. The molecule has 1 heterocycles. The third-order valence-corrected chi connectivity index (χ3v) is 8.66. The second-order valence-corrected chi connectivity index (χ2v) is 11.8. The predicted molar refractivity (Wildman–Crippen MR) is 131 cm³/mol. The molecule has 3 rings (SSSR count). The van der Waals surface area contributed by atoms with Gasteiger partial charge in [-0.25, -0.2) is 9.18 Å². The number of fused-ring (bicyclic) bond motifs is 1. The lowest BCUT2D eigenvalue weighted by Gasteiger charge is -2.44. The number of nitrogens with zero attached hydrogens (tertiary/aromatic N) is 1. The van der Waals surface area contributed by atoms with E-state index in [4.69, 9.17) is 11.6 Å². The van der Waals surface area contributed by atoms with E-state index in [-0.39, 0.29) is 17.1 Å². The molecule has 2 aromatic rings. The number of rotatable bonds is 6. The van der Waals surface area contributed by atoms with E-state index in [2.05, 4.69) is 27.2 Å². The van der Waals surface area contributed by atoms with E-state index in [1.807, 2.05) is 51.1 Å². The molecule has 0 aliphatic carbocycles. The first kappa shape index (κ1) is 25.1. The van der Waals surface area contributed by atoms with Crippen LogP contribution in [0.2, 0.25) is 5.02 Å². The summed E-state index contributed by atoms with van der Waals surface area (Å²) >= 11 is 8.00. The first-order valence-electron chi connectivity index (χ1n) is 9.99. The Hall–Kier alpha value is -1.58. The largest absolute Gasteiger partial charge is 0.598 e. The van der Waals surface area contributed by atoms with Crippen LogP contribution in [0.1, 0.15) is 38.3 Å². The summed E-state index contributed by atoms with van der Waals surface area (Å²) in [5, 5.41) is 10.2. The van der Waals surface area contributed by atoms with Crippen molar-refractivity contribution in [3.05, 3.63) is 75.5 Å². The van der Waals surface area contributed by atoms with Crippen LogP contribution in [0.5, 0.6) is 0 Å². The highest BCUT2D eigenvalue weighted by Gasteiger charge is 2.56. The zero-order chi connectivity index (χ0) is 23.8. The molecule has 0 bridgehead atoms. The summed E-state index contributed by atoms with van der Waals surface area (Å²) in [6.45, 7) is 9.34. The van der Waals surface area contributed by atoms with Gasteiger partial charge in [0.25, 0.3) is 0 Å². The summed E-state index contributed by atoms with van der Waals surface area (Å²) in [7, 11) is 0. The molecule has 0 spiro atoms. The zero-order valence-electron chi connectivity index (χ0n) is 18.0. The number of amides is 1. The van der Waals surface area contributed by atoms with Gasteiger partial charge in [0.2, 0.25) is 0 Å². The van der Waals surface area contributed by atoms with Crippen LogP contribution in [0, 0.1) is 5.82 Å². The van der Waals surface area contributed by atoms with E-state index in [1.54, 1.807) is 6.08 Å². The summed E-state index contributed by atoms with van der Waals surface area (Å²) in [5.41, 5.74) is 0.240. The first-order valence-corrected chi connectivity index (χ1v) is 12.3. The zero-order valence-corrected chi connectivity index (χ0v) is 21.2. The van der Waals surface area contributed by atoms with Gasteiger partial charge in [-0.1, -0.05) is 48.0 Å². The fourth-order valence-corrected chi connectivity index (χ4v) is 5.68. The molecular formula is C23H25BrClFN2O3S. The molecule has 2 N–H and O–H groups in total. The third kappa shape index (κ3) is 4.31. The predicted octanol–water partition coefficient (Wildman–Crippen LogP) is 6.17. The smallest absolute Gasteiger partial charge is 0.412 e. The Labute approximate surface area is 204 Å². The minimum atomic E-state index is -1.50. The summed E-state index contributed by atoms with van der Waals surface area (Å²) in [6, 6.07) is 9.63. The molecule has 0 saturated carbocycles. The number of hydrogen-bond donors (Lipinski definition) is 2. The number of hydrogen-bond acceptors (Lipinski definition) is 3. The Morgan fingerprint density at radius 1 is 1.47 bits per heavy atom. The van der Waals surface area contributed by atoms with Crippen LogP contribution in [0.25, 0.3) is 0 Å². The molecule has 3 atom stereocenters. The van der Waals surface area contributed by atoms with Crippen LogP contribution >= 0.6 is 27.5 Å². The summed E-state index contributed by atoms with van der Waals surface area (Å²) in [5.74, 6) is -0.723. The average molecular weight is 544 g/mol. The minimum absolute atomic E-state index is 0.107. The van der Waals surface area contributed by atoms with Crippen LogP contribution < -0.4 is 9.62 Å². The Balaban J connectivity index is 2.31. The van der Waals surface area contributed by atoms with Crippen molar-refractivity contribution in [1.29, 1.82) is 0 Å². The standard InChI is InChI=1S/C23H25BrClFN2O3S/c1-5-9-18(27-32(31)22(2,3)4)23(14-10-7-6-8-11-14)13-15-17(28(23)21(29)30)12-16(26)20(25)19(15)24/h5-8,10-12,18,27H,1,9,13H2,2-4H3,(H,29,30)/t18?,23-,32+/m0/s1. The van der Waals surface area contributed by atoms with Crippen molar-refractivity contribution in [3.63, 3.8) is 0 Å². The molecule has 32 heavy (non-hydrogen) atoms. The molecule has 0 aromatic heterocycles. The van der Waals surface area contributed by atoms with E-state index >= 15 is 0 Å². The van der Waals surface area contributed by atoms with Gasteiger partial charge >= 0.3 is 6.09 Å². The molecule has 1 amide bonds. The van der Waals surface area contributed by atoms with Gasteiger partial charge in [0, 0.05) is 22.3 Å². The van der Waals surface area contributed by atoms with Crippen molar-refractivity contribution in [2.24, 2.45) is 0 Å². The van der Waals surface area contributed by atoms with Crippen molar-refractivity contribution in [2.45, 2.75) is 49.9 Å². The highest BCUT2D eigenvalue weighted by molar-refractivity contribution is 9.10. The van der Waals surface area contributed by atoms with Crippen LogP contribution in [0.4, 0.5) is 14.9 Å². The second kappa shape index (κ2) is 9.35. The Kier molecular flexibility index (Phi) is 7.32. The van der Waals surface area contributed by atoms with E-state index < -0.39 is 39.6 Å². The monoisotopic (exact) mass is 542 g/mol. The highest BCUT2D eigenvalue weighted by Crippen LogP contribution is 2.52. The third-order valence-electron chi connectivity index (χ3n) is 5.58. The molecule has 2 aromatic carbocycles. The summed E-state index contributed by atoms with van der Waals surface area (Å²) < 4.78 is 30.6. The van der Waals surface area contributed by atoms with Gasteiger partial charge in [-0.15, -0.1) is 11.3 Å². The van der Waals surface area contributed by atoms with Crippen molar-refractivity contribution in [3.8, 4) is 0 Å². The van der Waals surface area contributed by atoms with Gasteiger partial charge in [-0.3, -0.25) is 4.90 Å². The molecule has 172 valence electrons. The number of carbonyl (C=O) groups is 1. The van der Waals surface area contributed by atoms with Crippen molar-refractivity contribution < 1.29 is 18.8 Å². The fourth-order valence-electron chi connectivity index (χ4n) is 4.08. The molecule has 1 aliphatic rings. The maximum absolute atomic E-state index is 14.6. The average Bonchev–Trinajstić information content (AvgIpc) is 3.08. The van der Waals surface area contributed by atoms with Crippen molar-refractivity contribution >= 4 is 50.7 Å². The number of carboxylic acid groups (broad SMARTS) is 1. The molecular weight excluding hydrogens is 519 g/mol. The number of halogens is 3. The molecule has 9 heteroatoms. The van der Waals surface area contributed by atoms with Crippen LogP contribution in [-0.2, 0) is 23.3 Å². The van der Waals surface area contributed by atoms with E-state index in [1.165, 1.54) is 4.90 Å². The molecule has 0 fully saturated rings.